The minimum atomic E-state index is 0.00507. The molecular formula is C18H28N2O. The Morgan fingerprint density at radius 2 is 1.95 bits per heavy atom. The van der Waals surface area contributed by atoms with Gasteiger partial charge in [0.25, 0.3) is 0 Å². The van der Waals surface area contributed by atoms with Gasteiger partial charge in [-0.25, -0.2) is 0 Å². The molecule has 2 N–H and O–H groups in total. The largest absolute Gasteiger partial charge is 0.381 e. The molecule has 1 saturated heterocycles. The van der Waals surface area contributed by atoms with Gasteiger partial charge in [0.05, 0.1) is 5.54 Å². The van der Waals surface area contributed by atoms with E-state index in [-0.39, 0.29) is 5.54 Å². The molecule has 1 aromatic rings. The molecule has 1 aliphatic heterocycles. The average Bonchev–Trinajstić information content (AvgIpc) is 2.56. The van der Waals surface area contributed by atoms with Crippen LogP contribution in [0.15, 0.2) is 24.3 Å². The van der Waals surface area contributed by atoms with Crippen molar-refractivity contribution in [3.63, 3.8) is 0 Å². The Balaban J connectivity index is 1.98. The summed E-state index contributed by atoms with van der Waals surface area (Å²) in [6.45, 7) is 4.81. The number of ether oxygens (including phenoxy) is 1. The van der Waals surface area contributed by atoms with Gasteiger partial charge in [-0.1, -0.05) is 31.2 Å². The molecule has 116 valence electrons. The van der Waals surface area contributed by atoms with E-state index in [1.807, 2.05) is 0 Å². The average molecular weight is 288 g/mol. The van der Waals surface area contributed by atoms with Crippen molar-refractivity contribution < 1.29 is 4.74 Å². The van der Waals surface area contributed by atoms with Crippen LogP contribution in [0.5, 0.6) is 0 Å². The molecule has 3 heteroatoms. The van der Waals surface area contributed by atoms with Crippen LogP contribution in [-0.4, -0.2) is 37.7 Å². The highest BCUT2D eigenvalue weighted by molar-refractivity contribution is 5.39. The molecule has 2 atom stereocenters. The first-order valence-electron chi connectivity index (χ1n) is 8.29. The fraction of sp³-hybridized carbons (Fsp3) is 0.667. The number of nitrogens with two attached hydrogens (primary N) is 1. The minimum absolute atomic E-state index is 0.00507. The van der Waals surface area contributed by atoms with Gasteiger partial charge in [-0.3, -0.25) is 4.90 Å². The van der Waals surface area contributed by atoms with Crippen molar-refractivity contribution in [1.29, 1.82) is 0 Å². The van der Waals surface area contributed by atoms with Gasteiger partial charge >= 0.3 is 0 Å². The first-order chi connectivity index (χ1) is 10.2. The van der Waals surface area contributed by atoms with Crippen molar-refractivity contribution in [2.75, 3.05) is 26.8 Å². The van der Waals surface area contributed by atoms with E-state index in [0.717, 1.165) is 32.5 Å². The standard InChI is InChI=1S/C18H28N2O/c1-14-7-10-18(13-19,17-6-4-3-5-16(14)17)20(2)15-8-11-21-12-9-15/h3-6,14-15H,7-13,19H2,1-2H3. The van der Waals surface area contributed by atoms with Gasteiger partial charge in [-0.05, 0) is 49.8 Å². The summed E-state index contributed by atoms with van der Waals surface area (Å²) in [6.07, 6.45) is 4.63. The monoisotopic (exact) mass is 288 g/mol. The van der Waals surface area contributed by atoms with Gasteiger partial charge in [0.1, 0.15) is 0 Å². The highest BCUT2D eigenvalue weighted by Gasteiger charge is 2.43. The topological polar surface area (TPSA) is 38.5 Å². The maximum absolute atomic E-state index is 6.33. The molecule has 0 saturated carbocycles. The summed E-state index contributed by atoms with van der Waals surface area (Å²) < 4.78 is 5.53. The number of rotatable bonds is 3. The predicted octanol–water partition coefficient (Wildman–Crippen LogP) is 2.85. The molecule has 0 amide bonds. The number of hydrogen-bond acceptors (Lipinski definition) is 3. The SMILES string of the molecule is CC1CCC(CN)(N(C)C2CCOCC2)c2ccccc21. The summed E-state index contributed by atoms with van der Waals surface area (Å²) in [5.41, 5.74) is 9.29. The van der Waals surface area contributed by atoms with Gasteiger partial charge in [-0.15, -0.1) is 0 Å². The van der Waals surface area contributed by atoms with Crippen LogP contribution in [0.1, 0.15) is 49.7 Å². The van der Waals surface area contributed by atoms with E-state index in [2.05, 4.69) is 43.1 Å². The molecule has 0 aromatic heterocycles. The van der Waals surface area contributed by atoms with E-state index in [9.17, 15) is 0 Å². The van der Waals surface area contributed by atoms with Crippen molar-refractivity contribution in [3.05, 3.63) is 35.4 Å². The first-order valence-corrected chi connectivity index (χ1v) is 8.29. The number of benzene rings is 1. The zero-order chi connectivity index (χ0) is 14.9. The molecule has 3 rings (SSSR count). The lowest BCUT2D eigenvalue weighted by Crippen LogP contribution is -2.56. The molecule has 2 aliphatic rings. The zero-order valence-corrected chi connectivity index (χ0v) is 13.3. The fourth-order valence-electron chi connectivity index (χ4n) is 4.24. The summed E-state index contributed by atoms with van der Waals surface area (Å²) in [5, 5.41) is 0. The lowest BCUT2D eigenvalue weighted by Gasteiger charge is -2.50. The van der Waals surface area contributed by atoms with Crippen LogP contribution in [0.2, 0.25) is 0 Å². The lowest BCUT2D eigenvalue weighted by atomic mass is 9.71. The molecule has 1 aliphatic carbocycles. The van der Waals surface area contributed by atoms with Gasteiger partial charge < -0.3 is 10.5 Å². The molecule has 21 heavy (non-hydrogen) atoms. The lowest BCUT2D eigenvalue weighted by molar-refractivity contribution is -0.0116. The molecule has 0 spiro atoms. The third kappa shape index (κ3) is 2.52. The Kier molecular flexibility index (Phi) is 4.34. The van der Waals surface area contributed by atoms with Crippen LogP contribution >= 0.6 is 0 Å². The van der Waals surface area contributed by atoms with E-state index in [4.69, 9.17) is 10.5 Å². The number of hydrogen-bond donors (Lipinski definition) is 1. The summed E-state index contributed by atoms with van der Waals surface area (Å²) in [6, 6.07) is 9.51. The smallest absolute Gasteiger partial charge is 0.0586 e. The van der Waals surface area contributed by atoms with E-state index in [1.165, 1.54) is 17.5 Å². The second-order valence-corrected chi connectivity index (χ2v) is 6.72. The third-order valence-corrected chi connectivity index (χ3v) is 5.74. The molecule has 3 nitrogen and oxygen atoms in total. The molecule has 2 unspecified atom stereocenters. The molecule has 1 fully saturated rings. The van der Waals surface area contributed by atoms with Crippen LogP contribution in [0.3, 0.4) is 0 Å². The number of nitrogens with zero attached hydrogens (tertiary/aromatic N) is 1. The zero-order valence-electron chi connectivity index (χ0n) is 13.3. The Labute approximate surface area is 128 Å². The Morgan fingerprint density at radius 1 is 1.24 bits per heavy atom. The quantitative estimate of drug-likeness (QED) is 0.929. The summed E-state index contributed by atoms with van der Waals surface area (Å²) in [7, 11) is 2.27. The second kappa shape index (κ2) is 6.07. The van der Waals surface area contributed by atoms with Crippen LogP contribution in [0.25, 0.3) is 0 Å². The van der Waals surface area contributed by atoms with Crippen LogP contribution in [0.4, 0.5) is 0 Å². The van der Waals surface area contributed by atoms with Crippen molar-refractivity contribution in [2.45, 2.75) is 50.1 Å². The Bertz CT molecular complexity index is 484. The van der Waals surface area contributed by atoms with Crippen LogP contribution in [-0.2, 0) is 10.3 Å². The number of fused-ring (bicyclic) bond motifs is 1. The van der Waals surface area contributed by atoms with E-state index < -0.39 is 0 Å². The Morgan fingerprint density at radius 3 is 2.67 bits per heavy atom. The van der Waals surface area contributed by atoms with Gasteiger partial charge in [0.2, 0.25) is 0 Å². The molecule has 0 bridgehead atoms. The molecule has 1 heterocycles. The number of likely N-dealkylation sites (N-methyl/N-ethyl adjacent to an activating group) is 1. The highest BCUT2D eigenvalue weighted by atomic mass is 16.5. The van der Waals surface area contributed by atoms with Gasteiger partial charge in [0, 0.05) is 25.8 Å². The van der Waals surface area contributed by atoms with Gasteiger partial charge in [0.15, 0.2) is 0 Å². The van der Waals surface area contributed by atoms with Crippen LogP contribution < -0.4 is 5.73 Å². The van der Waals surface area contributed by atoms with E-state index >= 15 is 0 Å². The van der Waals surface area contributed by atoms with E-state index in [0.29, 0.717) is 18.5 Å². The van der Waals surface area contributed by atoms with E-state index in [1.54, 1.807) is 0 Å². The van der Waals surface area contributed by atoms with Crippen molar-refractivity contribution in [2.24, 2.45) is 5.73 Å². The fourth-order valence-corrected chi connectivity index (χ4v) is 4.24. The second-order valence-electron chi connectivity index (χ2n) is 6.72. The highest BCUT2D eigenvalue weighted by Crippen LogP contribution is 2.45. The first kappa shape index (κ1) is 15.0. The summed E-state index contributed by atoms with van der Waals surface area (Å²) >= 11 is 0. The molecule has 0 radical (unpaired) electrons. The molecular weight excluding hydrogens is 260 g/mol. The normalized spacial score (nSPS) is 30.4. The van der Waals surface area contributed by atoms with Crippen LogP contribution in [0, 0.1) is 0 Å². The predicted molar refractivity (Wildman–Crippen MR) is 86.4 cm³/mol. The minimum Gasteiger partial charge on any atom is -0.381 e. The summed E-state index contributed by atoms with van der Waals surface area (Å²) in [5.74, 6) is 0.643. The maximum Gasteiger partial charge on any atom is 0.0586 e. The molecule has 1 aromatic carbocycles. The van der Waals surface area contributed by atoms with Crippen molar-refractivity contribution in [3.8, 4) is 0 Å². The maximum atomic E-state index is 6.33. The van der Waals surface area contributed by atoms with Crippen molar-refractivity contribution in [1.82, 2.24) is 4.90 Å². The van der Waals surface area contributed by atoms with Gasteiger partial charge in [-0.2, -0.15) is 0 Å². The van der Waals surface area contributed by atoms with Crippen molar-refractivity contribution >= 4 is 0 Å². The summed E-state index contributed by atoms with van der Waals surface area (Å²) in [4.78, 5) is 2.57. The Hall–Kier alpha value is -0.900. The third-order valence-electron chi connectivity index (χ3n) is 5.74.